The molecule has 0 amide bonds. The summed E-state index contributed by atoms with van der Waals surface area (Å²) in [4.78, 5) is 0. The molecule has 0 fully saturated rings. The second kappa shape index (κ2) is 3.18. The minimum atomic E-state index is 1.39. The lowest BCUT2D eigenvalue weighted by Gasteiger charge is -1.87. The molecular formula is C8H4I2S. The van der Waals surface area contributed by atoms with E-state index in [9.17, 15) is 0 Å². The van der Waals surface area contributed by atoms with Crippen LogP contribution >= 0.6 is 56.5 Å². The molecule has 0 aliphatic carbocycles. The summed E-state index contributed by atoms with van der Waals surface area (Å²) in [6, 6.07) is 8.53. The number of fused-ring (bicyclic) bond motifs is 1. The molecule has 3 heteroatoms. The van der Waals surface area contributed by atoms with E-state index in [-0.39, 0.29) is 0 Å². The Morgan fingerprint density at radius 1 is 0.909 bits per heavy atom. The maximum Gasteiger partial charge on any atom is 0.0743 e. The lowest BCUT2D eigenvalue weighted by atomic mass is 10.2. The third-order valence-corrected chi connectivity index (χ3v) is 4.81. The molecule has 1 heterocycles. The zero-order chi connectivity index (χ0) is 7.84. The van der Waals surface area contributed by atoms with Crippen molar-refractivity contribution in [2.45, 2.75) is 0 Å². The average molecular weight is 386 g/mol. The molecular weight excluding hydrogens is 382 g/mol. The van der Waals surface area contributed by atoms with Gasteiger partial charge in [-0.15, -0.1) is 11.3 Å². The van der Waals surface area contributed by atoms with Crippen molar-refractivity contribution in [2.75, 3.05) is 0 Å². The van der Waals surface area contributed by atoms with Crippen molar-refractivity contribution < 1.29 is 0 Å². The molecule has 0 saturated heterocycles. The van der Waals surface area contributed by atoms with Gasteiger partial charge < -0.3 is 0 Å². The minimum absolute atomic E-state index is 1.39. The van der Waals surface area contributed by atoms with Crippen LogP contribution in [0.2, 0.25) is 0 Å². The molecule has 0 unspecified atom stereocenters. The first-order valence-corrected chi connectivity index (χ1v) is 6.09. The zero-order valence-electron chi connectivity index (χ0n) is 5.47. The fourth-order valence-corrected chi connectivity index (χ4v) is 5.27. The summed E-state index contributed by atoms with van der Waals surface area (Å²) < 4.78 is 2.78. The first-order chi connectivity index (χ1) is 5.29. The molecule has 56 valence electrons. The van der Waals surface area contributed by atoms with Crippen molar-refractivity contribution in [2.24, 2.45) is 0 Å². The van der Waals surface area contributed by atoms with E-state index in [1.165, 1.54) is 16.5 Å². The monoisotopic (exact) mass is 386 g/mol. The minimum Gasteiger partial charge on any atom is -0.122 e. The van der Waals surface area contributed by atoms with Gasteiger partial charge in [0.2, 0.25) is 0 Å². The molecule has 0 saturated carbocycles. The number of halogens is 2. The lowest BCUT2D eigenvalue weighted by Crippen LogP contribution is -1.64. The summed E-state index contributed by atoms with van der Waals surface area (Å²) in [7, 11) is 0. The maximum absolute atomic E-state index is 2.39. The molecule has 0 nitrogen and oxygen atoms in total. The van der Waals surface area contributed by atoms with Crippen molar-refractivity contribution in [1.82, 2.24) is 0 Å². The molecule has 1 aromatic heterocycles. The smallest absolute Gasteiger partial charge is 0.0743 e. The normalized spacial score (nSPS) is 10.7. The predicted molar refractivity (Wildman–Crippen MR) is 67.3 cm³/mol. The van der Waals surface area contributed by atoms with E-state index in [0.29, 0.717) is 0 Å². The number of rotatable bonds is 0. The van der Waals surface area contributed by atoms with Crippen LogP contribution in [0, 0.1) is 5.77 Å². The van der Waals surface area contributed by atoms with Crippen molar-refractivity contribution >= 4 is 67.3 Å². The van der Waals surface area contributed by atoms with Crippen LogP contribution in [-0.2, 0) is 0 Å². The van der Waals surface area contributed by atoms with Crippen LogP contribution in [0.1, 0.15) is 0 Å². The Morgan fingerprint density at radius 3 is 1.82 bits per heavy atom. The summed E-state index contributed by atoms with van der Waals surface area (Å²) in [5.74, 6) is 0. The van der Waals surface area contributed by atoms with Crippen molar-refractivity contribution in [3.8, 4) is 0 Å². The van der Waals surface area contributed by atoms with Gasteiger partial charge in [0.15, 0.2) is 0 Å². The Hall–Kier alpha value is 0.640. The maximum atomic E-state index is 2.39. The highest BCUT2D eigenvalue weighted by Gasteiger charge is 2.04. The van der Waals surface area contributed by atoms with Gasteiger partial charge in [0.05, 0.1) is 5.77 Å². The highest BCUT2D eigenvalue weighted by molar-refractivity contribution is 14.1. The van der Waals surface area contributed by atoms with E-state index in [2.05, 4.69) is 69.4 Å². The highest BCUT2D eigenvalue weighted by atomic mass is 127. The van der Waals surface area contributed by atoms with Crippen LogP contribution in [0.5, 0.6) is 0 Å². The van der Waals surface area contributed by atoms with Gasteiger partial charge in [-0.05, 0) is 45.2 Å². The largest absolute Gasteiger partial charge is 0.122 e. The molecule has 0 atom stereocenters. The topological polar surface area (TPSA) is 0 Å². The predicted octanol–water partition coefficient (Wildman–Crippen LogP) is 4.11. The fraction of sp³-hybridized carbons (Fsp3) is 0. The second-order valence-corrected chi connectivity index (χ2v) is 6.84. The van der Waals surface area contributed by atoms with Crippen LogP contribution in [0.4, 0.5) is 0 Å². The summed E-state index contributed by atoms with van der Waals surface area (Å²) in [6.45, 7) is 0. The highest BCUT2D eigenvalue weighted by Crippen LogP contribution is 2.32. The molecule has 0 spiro atoms. The average Bonchev–Trinajstić information content (AvgIpc) is 2.30. The molecule has 2 aromatic rings. The Balaban J connectivity index is 2.95. The van der Waals surface area contributed by atoms with E-state index in [4.69, 9.17) is 0 Å². The van der Waals surface area contributed by atoms with Crippen LogP contribution in [0.25, 0.3) is 10.8 Å². The lowest BCUT2D eigenvalue weighted by molar-refractivity contribution is 1.83. The zero-order valence-corrected chi connectivity index (χ0v) is 10.6. The second-order valence-electron chi connectivity index (χ2n) is 2.20. The summed E-state index contributed by atoms with van der Waals surface area (Å²) >= 11 is 6.64. The van der Waals surface area contributed by atoms with Gasteiger partial charge in [0.1, 0.15) is 0 Å². The van der Waals surface area contributed by atoms with E-state index in [1.807, 2.05) is 11.3 Å². The molecule has 0 aliphatic rings. The Morgan fingerprint density at radius 2 is 1.36 bits per heavy atom. The van der Waals surface area contributed by atoms with Crippen molar-refractivity contribution in [3.05, 3.63) is 30.0 Å². The third kappa shape index (κ3) is 1.42. The first kappa shape index (κ1) is 8.25. The van der Waals surface area contributed by atoms with Crippen molar-refractivity contribution in [3.63, 3.8) is 0 Å². The third-order valence-electron chi connectivity index (χ3n) is 1.53. The number of hydrogen-bond donors (Lipinski definition) is 0. The quantitative estimate of drug-likeness (QED) is 0.598. The van der Waals surface area contributed by atoms with Crippen LogP contribution in [-0.4, -0.2) is 0 Å². The Bertz CT molecular complexity index is 356. The van der Waals surface area contributed by atoms with Gasteiger partial charge in [-0.25, -0.2) is 0 Å². The Kier molecular flexibility index (Phi) is 2.38. The SMILES string of the molecule is Ic1sc(I)c2ccccc12. The first-order valence-electron chi connectivity index (χ1n) is 3.11. The van der Waals surface area contributed by atoms with Gasteiger partial charge >= 0.3 is 0 Å². The van der Waals surface area contributed by atoms with Crippen LogP contribution in [0.15, 0.2) is 24.3 Å². The Labute approximate surface area is 96.3 Å². The number of hydrogen-bond acceptors (Lipinski definition) is 1. The number of benzene rings is 1. The summed E-state index contributed by atoms with van der Waals surface area (Å²) in [5, 5.41) is 2.78. The summed E-state index contributed by atoms with van der Waals surface area (Å²) in [6.07, 6.45) is 0. The molecule has 0 aliphatic heterocycles. The van der Waals surface area contributed by atoms with Crippen LogP contribution in [0.3, 0.4) is 0 Å². The van der Waals surface area contributed by atoms with Crippen LogP contribution < -0.4 is 0 Å². The molecule has 1 aromatic carbocycles. The van der Waals surface area contributed by atoms with Gasteiger partial charge in [-0.3, -0.25) is 0 Å². The molecule has 2 rings (SSSR count). The number of thiophene rings is 1. The van der Waals surface area contributed by atoms with E-state index in [0.717, 1.165) is 0 Å². The van der Waals surface area contributed by atoms with Gasteiger partial charge in [-0.2, -0.15) is 0 Å². The van der Waals surface area contributed by atoms with E-state index < -0.39 is 0 Å². The molecule has 11 heavy (non-hydrogen) atoms. The van der Waals surface area contributed by atoms with Gasteiger partial charge in [0.25, 0.3) is 0 Å². The fourth-order valence-electron chi connectivity index (χ4n) is 1.01. The molecule has 0 radical (unpaired) electrons. The van der Waals surface area contributed by atoms with E-state index in [1.54, 1.807) is 0 Å². The standard InChI is InChI=1S/C8H4I2S/c9-7-5-3-1-2-4-6(5)8(10)11-7/h1-4H. The summed E-state index contributed by atoms with van der Waals surface area (Å²) in [5.41, 5.74) is 0. The van der Waals surface area contributed by atoms with E-state index >= 15 is 0 Å². The van der Waals surface area contributed by atoms with Gasteiger partial charge in [0, 0.05) is 10.8 Å². The van der Waals surface area contributed by atoms with Crippen molar-refractivity contribution in [1.29, 1.82) is 0 Å². The molecule has 0 N–H and O–H groups in total. The molecule has 0 bridgehead atoms. The van der Waals surface area contributed by atoms with Gasteiger partial charge in [-0.1, -0.05) is 24.3 Å².